The Bertz CT molecular complexity index is 337. The Morgan fingerprint density at radius 2 is 1.90 bits per heavy atom. The van der Waals surface area contributed by atoms with Crippen molar-refractivity contribution in [2.75, 3.05) is 19.7 Å². The summed E-state index contributed by atoms with van der Waals surface area (Å²) >= 11 is 0. The van der Waals surface area contributed by atoms with Crippen LogP contribution >= 0.6 is 0 Å². The van der Waals surface area contributed by atoms with Gasteiger partial charge >= 0.3 is 5.97 Å². The van der Waals surface area contributed by atoms with Crippen LogP contribution < -0.4 is 5.32 Å². The lowest BCUT2D eigenvalue weighted by Gasteiger charge is -2.38. The first-order valence-corrected chi connectivity index (χ1v) is 8.46. The molecule has 2 fully saturated rings. The van der Waals surface area contributed by atoms with Crippen LogP contribution in [0.25, 0.3) is 0 Å². The molecule has 0 aromatic heterocycles. The zero-order valence-electron chi connectivity index (χ0n) is 13.8. The summed E-state index contributed by atoms with van der Waals surface area (Å²) in [5.41, 5.74) is 0.286. The van der Waals surface area contributed by atoms with Crippen molar-refractivity contribution in [3.63, 3.8) is 0 Å². The van der Waals surface area contributed by atoms with E-state index in [1.54, 1.807) is 0 Å². The molecule has 4 nitrogen and oxygen atoms in total. The molecule has 1 N–H and O–H groups in total. The normalized spacial score (nSPS) is 30.0. The fraction of sp³-hybridized carbons (Fsp3) is 0.941. The van der Waals surface area contributed by atoms with Crippen LogP contribution in [0.3, 0.4) is 0 Å². The van der Waals surface area contributed by atoms with Gasteiger partial charge in [0.05, 0.1) is 19.1 Å². The average Bonchev–Trinajstić information content (AvgIpc) is 2.37. The monoisotopic (exact) mass is 297 g/mol. The first-order valence-electron chi connectivity index (χ1n) is 8.46. The smallest absolute Gasteiger partial charge is 0.308 e. The molecule has 0 bridgehead atoms. The minimum atomic E-state index is -0.0983. The van der Waals surface area contributed by atoms with E-state index in [-0.39, 0.29) is 17.5 Å². The van der Waals surface area contributed by atoms with E-state index in [0.717, 1.165) is 38.8 Å². The topological polar surface area (TPSA) is 47.6 Å². The number of piperidine rings is 1. The highest BCUT2D eigenvalue weighted by Gasteiger charge is 2.33. The predicted molar refractivity (Wildman–Crippen MR) is 83.1 cm³/mol. The van der Waals surface area contributed by atoms with E-state index in [1.807, 2.05) is 0 Å². The standard InChI is InChI=1S/C17H31NO3/c1-13-10-15(12-17(2,3)11-13)21-16(19)6-9-20-14-4-7-18-8-5-14/h13-15,18H,4-12H2,1-3H3. The lowest BCUT2D eigenvalue weighted by atomic mass is 9.71. The van der Waals surface area contributed by atoms with Gasteiger partial charge in [-0.1, -0.05) is 20.8 Å². The van der Waals surface area contributed by atoms with Crippen molar-refractivity contribution in [2.45, 2.75) is 71.5 Å². The third-order valence-corrected chi connectivity index (χ3v) is 4.59. The Labute approximate surface area is 129 Å². The minimum Gasteiger partial charge on any atom is -0.462 e. The molecule has 122 valence electrons. The molecule has 1 heterocycles. The van der Waals surface area contributed by atoms with Gasteiger partial charge in [-0.15, -0.1) is 0 Å². The fourth-order valence-electron chi connectivity index (χ4n) is 3.86. The third-order valence-electron chi connectivity index (χ3n) is 4.59. The van der Waals surface area contributed by atoms with Crippen LogP contribution in [0.5, 0.6) is 0 Å². The summed E-state index contributed by atoms with van der Waals surface area (Å²) in [7, 11) is 0. The molecule has 1 aliphatic carbocycles. The van der Waals surface area contributed by atoms with Gasteiger partial charge in [0.25, 0.3) is 0 Å². The SMILES string of the molecule is CC1CC(OC(=O)CCOC2CCNCC2)CC(C)(C)C1. The van der Waals surface area contributed by atoms with Gasteiger partial charge in [-0.2, -0.15) is 0 Å². The van der Waals surface area contributed by atoms with E-state index in [2.05, 4.69) is 26.1 Å². The molecule has 1 aliphatic heterocycles. The number of carbonyl (C=O) groups excluding carboxylic acids is 1. The highest BCUT2D eigenvalue weighted by Crippen LogP contribution is 2.39. The molecule has 1 saturated heterocycles. The molecular formula is C17H31NO3. The fourth-order valence-corrected chi connectivity index (χ4v) is 3.86. The molecule has 0 aromatic carbocycles. The second-order valence-electron chi connectivity index (χ2n) is 7.60. The molecule has 4 heteroatoms. The predicted octanol–water partition coefficient (Wildman–Crippen LogP) is 2.90. The van der Waals surface area contributed by atoms with Crippen molar-refractivity contribution in [3.8, 4) is 0 Å². The van der Waals surface area contributed by atoms with Crippen molar-refractivity contribution in [1.82, 2.24) is 5.32 Å². The van der Waals surface area contributed by atoms with Gasteiger partial charge in [0.2, 0.25) is 0 Å². The van der Waals surface area contributed by atoms with Crippen molar-refractivity contribution in [2.24, 2.45) is 11.3 Å². The highest BCUT2D eigenvalue weighted by molar-refractivity contribution is 5.69. The van der Waals surface area contributed by atoms with Crippen molar-refractivity contribution in [3.05, 3.63) is 0 Å². The average molecular weight is 297 g/mol. The Hall–Kier alpha value is -0.610. The molecule has 0 aromatic rings. The molecular weight excluding hydrogens is 266 g/mol. The molecule has 0 spiro atoms. The molecule has 2 atom stereocenters. The summed E-state index contributed by atoms with van der Waals surface area (Å²) in [6, 6.07) is 0. The number of rotatable bonds is 5. The lowest BCUT2D eigenvalue weighted by molar-refractivity contribution is -0.155. The van der Waals surface area contributed by atoms with E-state index in [1.165, 1.54) is 6.42 Å². The largest absolute Gasteiger partial charge is 0.462 e. The maximum Gasteiger partial charge on any atom is 0.308 e. The molecule has 2 rings (SSSR count). The van der Waals surface area contributed by atoms with Crippen LogP contribution in [-0.4, -0.2) is 37.9 Å². The number of hydrogen-bond acceptors (Lipinski definition) is 4. The number of ether oxygens (including phenoxy) is 2. The van der Waals surface area contributed by atoms with E-state index >= 15 is 0 Å². The lowest BCUT2D eigenvalue weighted by Crippen LogP contribution is -2.34. The maximum absolute atomic E-state index is 12.0. The Morgan fingerprint density at radius 1 is 1.19 bits per heavy atom. The highest BCUT2D eigenvalue weighted by atomic mass is 16.5. The number of esters is 1. The van der Waals surface area contributed by atoms with E-state index in [4.69, 9.17) is 9.47 Å². The second kappa shape index (κ2) is 7.59. The zero-order valence-corrected chi connectivity index (χ0v) is 13.8. The Morgan fingerprint density at radius 3 is 2.57 bits per heavy atom. The number of nitrogens with one attached hydrogen (secondary N) is 1. The Balaban J connectivity index is 1.64. The summed E-state index contributed by atoms with van der Waals surface area (Å²) < 4.78 is 11.4. The molecule has 1 saturated carbocycles. The van der Waals surface area contributed by atoms with Gasteiger partial charge < -0.3 is 14.8 Å². The van der Waals surface area contributed by atoms with Gasteiger partial charge in [-0.25, -0.2) is 0 Å². The quantitative estimate of drug-likeness (QED) is 0.793. The van der Waals surface area contributed by atoms with Crippen LogP contribution in [0.2, 0.25) is 0 Å². The first kappa shape index (κ1) is 16.8. The van der Waals surface area contributed by atoms with Crippen molar-refractivity contribution >= 4 is 5.97 Å². The molecule has 21 heavy (non-hydrogen) atoms. The van der Waals surface area contributed by atoms with Gasteiger partial charge in [0.1, 0.15) is 6.10 Å². The van der Waals surface area contributed by atoms with E-state index < -0.39 is 0 Å². The maximum atomic E-state index is 12.0. The van der Waals surface area contributed by atoms with E-state index in [9.17, 15) is 4.79 Å². The van der Waals surface area contributed by atoms with Crippen LogP contribution in [0.1, 0.15) is 59.3 Å². The number of hydrogen-bond donors (Lipinski definition) is 1. The van der Waals surface area contributed by atoms with Crippen molar-refractivity contribution < 1.29 is 14.3 Å². The summed E-state index contributed by atoms with van der Waals surface area (Å²) in [6.07, 6.45) is 6.09. The van der Waals surface area contributed by atoms with Gasteiger partial charge in [-0.05, 0) is 56.5 Å². The van der Waals surface area contributed by atoms with Gasteiger partial charge in [0.15, 0.2) is 0 Å². The zero-order chi connectivity index (χ0) is 15.3. The summed E-state index contributed by atoms with van der Waals surface area (Å²) in [5, 5.41) is 3.31. The first-order chi connectivity index (χ1) is 9.94. The van der Waals surface area contributed by atoms with Crippen LogP contribution in [0.15, 0.2) is 0 Å². The van der Waals surface area contributed by atoms with Gasteiger partial charge in [-0.3, -0.25) is 4.79 Å². The van der Waals surface area contributed by atoms with Gasteiger partial charge in [0, 0.05) is 0 Å². The summed E-state index contributed by atoms with van der Waals surface area (Å²) in [4.78, 5) is 12.0. The van der Waals surface area contributed by atoms with Crippen LogP contribution in [0.4, 0.5) is 0 Å². The van der Waals surface area contributed by atoms with Crippen LogP contribution in [0, 0.1) is 11.3 Å². The van der Waals surface area contributed by atoms with E-state index in [0.29, 0.717) is 25.0 Å². The van der Waals surface area contributed by atoms with Crippen LogP contribution in [-0.2, 0) is 14.3 Å². The molecule has 2 aliphatic rings. The Kier molecular flexibility index (Phi) is 6.06. The van der Waals surface area contributed by atoms with Crippen molar-refractivity contribution in [1.29, 1.82) is 0 Å². The number of carbonyl (C=O) groups is 1. The third kappa shape index (κ3) is 5.95. The molecule has 0 radical (unpaired) electrons. The minimum absolute atomic E-state index is 0.0927. The summed E-state index contributed by atoms with van der Waals surface area (Å²) in [6.45, 7) is 9.32. The molecule has 2 unspecified atom stereocenters. The second-order valence-corrected chi connectivity index (χ2v) is 7.60. The summed E-state index contributed by atoms with van der Waals surface area (Å²) in [5.74, 6) is 0.538. The molecule has 0 amide bonds.